The van der Waals surface area contributed by atoms with Crippen molar-refractivity contribution in [3.05, 3.63) is 94.4 Å². The molecular weight excluding hydrogens is 428 g/mol. The molecule has 0 aliphatic carbocycles. The molecule has 1 atom stereocenters. The average molecular weight is 479 g/mol. The number of hydrogen-bond donors (Lipinski definition) is 1. The highest BCUT2D eigenvalue weighted by Gasteiger charge is 2.04. The molecule has 0 saturated carbocycles. The quantitative estimate of drug-likeness (QED) is 0.318. The molecular formula is C32H50N2O. The minimum absolute atomic E-state index is 0.475. The van der Waals surface area contributed by atoms with E-state index in [9.17, 15) is 4.79 Å². The van der Waals surface area contributed by atoms with Crippen LogP contribution < -0.4 is 5.32 Å². The summed E-state index contributed by atoms with van der Waals surface area (Å²) in [6, 6.07) is 6.59. The van der Waals surface area contributed by atoms with Crippen LogP contribution in [-0.4, -0.2) is 17.3 Å². The van der Waals surface area contributed by atoms with Crippen molar-refractivity contribution in [1.29, 1.82) is 0 Å². The third-order valence-electron chi connectivity index (χ3n) is 5.37. The fourth-order valence-corrected chi connectivity index (χ4v) is 3.12. The first-order valence-electron chi connectivity index (χ1n) is 12.8. The summed E-state index contributed by atoms with van der Waals surface area (Å²) in [5, 5.41) is 3.39. The summed E-state index contributed by atoms with van der Waals surface area (Å²) in [6.45, 7) is 26.5. The lowest BCUT2D eigenvalue weighted by molar-refractivity contribution is 0.112. The minimum atomic E-state index is 0.475. The van der Waals surface area contributed by atoms with Gasteiger partial charge in [-0.1, -0.05) is 69.7 Å². The van der Waals surface area contributed by atoms with Crippen molar-refractivity contribution < 1.29 is 4.79 Å². The van der Waals surface area contributed by atoms with Crippen LogP contribution in [0.3, 0.4) is 0 Å². The molecule has 194 valence electrons. The number of aldehydes is 1. The van der Waals surface area contributed by atoms with Crippen molar-refractivity contribution in [2.45, 2.75) is 95.0 Å². The van der Waals surface area contributed by atoms with Crippen LogP contribution in [0.25, 0.3) is 5.70 Å². The Balaban J connectivity index is 0. The zero-order chi connectivity index (χ0) is 27.4. The second-order valence-electron chi connectivity index (χ2n) is 8.45. The molecule has 3 nitrogen and oxygen atoms in total. The molecule has 1 aromatic carbocycles. The standard InChI is InChI=1S/C13H20N2.C10H12O.C7H12.C2H6/c1-5-6-11(3)15-12(4)13-7-10(2)8-14-9-13;1-7-4-5-8(2)10(6-11)9(7)3;1-4-6-7(3)5-2;1-2/h7-9,11,15H,4-6H2,1-3H3;4-6H,1-3H3;4-6H,1-3H3;1-2H3/b;;6-4-,7-5-;. The van der Waals surface area contributed by atoms with Crippen molar-refractivity contribution in [2.75, 3.05) is 0 Å². The fourth-order valence-electron chi connectivity index (χ4n) is 3.12. The summed E-state index contributed by atoms with van der Waals surface area (Å²) in [4.78, 5) is 14.8. The van der Waals surface area contributed by atoms with Crippen LogP contribution >= 0.6 is 0 Å². The highest BCUT2D eigenvalue weighted by atomic mass is 16.1. The molecule has 0 bridgehead atoms. The third-order valence-corrected chi connectivity index (χ3v) is 5.37. The fraction of sp³-hybridized carbons (Fsp3) is 0.438. The summed E-state index contributed by atoms with van der Waals surface area (Å²) in [5.41, 5.74) is 8.71. The summed E-state index contributed by atoms with van der Waals surface area (Å²) < 4.78 is 0. The Hall–Kier alpha value is -2.94. The molecule has 2 aromatic rings. The lowest BCUT2D eigenvalue weighted by atomic mass is 10.00. The van der Waals surface area contributed by atoms with Gasteiger partial charge in [0.2, 0.25) is 0 Å². The Bertz CT molecular complexity index is 939. The number of rotatable bonds is 7. The van der Waals surface area contributed by atoms with Crippen LogP contribution in [0.1, 0.15) is 99.5 Å². The van der Waals surface area contributed by atoms with Gasteiger partial charge in [-0.3, -0.25) is 9.78 Å². The maximum Gasteiger partial charge on any atom is 0.150 e. The molecule has 2 rings (SSSR count). The van der Waals surface area contributed by atoms with Crippen molar-refractivity contribution in [3.8, 4) is 0 Å². The number of hydrogen-bond acceptors (Lipinski definition) is 3. The van der Waals surface area contributed by atoms with Gasteiger partial charge in [-0.15, -0.1) is 0 Å². The summed E-state index contributed by atoms with van der Waals surface area (Å²) in [7, 11) is 0. The zero-order valence-electron chi connectivity index (χ0n) is 24.3. The highest BCUT2D eigenvalue weighted by Crippen LogP contribution is 2.15. The van der Waals surface area contributed by atoms with Gasteiger partial charge < -0.3 is 5.32 Å². The first kappa shape index (κ1) is 34.2. The van der Waals surface area contributed by atoms with E-state index in [2.05, 4.69) is 55.9 Å². The Labute approximate surface area is 216 Å². The minimum Gasteiger partial charge on any atom is -0.383 e. The molecule has 35 heavy (non-hydrogen) atoms. The molecule has 1 N–H and O–H groups in total. The Morgan fingerprint density at radius 1 is 1.09 bits per heavy atom. The first-order chi connectivity index (χ1) is 16.6. The van der Waals surface area contributed by atoms with E-state index in [1.165, 1.54) is 23.1 Å². The second-order valence-corrected chi connectivity index (χ2v) is 8.45. The maximum atomic E-state index is 10.6. The Morgan fingerprint density at radius 3 is 2.11 bits per heavy atom. The second kappa shape index (κ2) is 20.4. The number of aryl methyl sites for hydroxylation is 3. The monoisotopic (exact) mass is 478 g/mol. The molecule has 0 aliphatic rings. The lowest BCUT2D eigenvalue weighted by Gasteiger charge is -2.16. The predicted octanol–water partition coefficient (Wildman–Crippen LogP) is 9.12. The number of benzene rings is 1. The SMILES string of the molecule is C/C=C\C(C)=C/C.C=C(NC(C)CCC)c1cncc(C)c1.CC.Cc1ccc(C)c(C=O)c1C. The van der Waals surface area contributed by atoms with E-state index in [1.807, 2.05) is 86.0 Å². The number of carbonyl (C=O) groups excluding carboxylic acids is 1. The maximum absolute atomic E-state index is 10.6. The molecule has 0 aliphatic heterocycles. The van der Waals surface area contributed by atoms with Gasteiger partial charge in [-0.25, -0.2) is 0 Å². The predicted molar refractivity (Wildman–Crippen MR) is 157 cm³/mol. The van der Waals surface area contributed by atoms with Crippen molar-refractivity contribution >= 4 is 12.0 Å². The number of pyridine rings is 1. The number of allylic oxidation sites excluding steroid dienone is 4. The zero-order valence-corrected chi connectivity index (χ0v) is 24.3. The molecule has 0 saturated heterocycles. The van der Waals surface area contributed by atoms with E-state index < -0.39 is 0 Å². The summed E-state index contributed by atoms with van der Waals surface area (Å²) in [5.74, 6) is 0. The summed E-state index contributed by atoms with van der Waals surface area (Å²) in [6.07, 6.45) is 13.2. The normalized spacial score (nSPS) is 11.1. The van der Waals surface area contributed by atoms with E-state index in [0.29, 0.717) is 6.04 Å². The largest absolute Gasteiger partial charge is 0.383 e. The lowest BCUT2D eigenvalue weighted by Crippen LogP contribution is -2.23. The van der Waals surface area contributed by atoms with Crippen LogP contribution in [0.2, 0.25) is 0 Å². The molecule has 3 heteroatoms. The van der Waals surface area contributed by atoms with Crippen molar-refractivity contribution in [3.63, 3.8) is 0 Å². The Morgan fingerprint density at radius 2 is 1.69 bits per heavy atom. The average Bonchev–Trinajstić information content (AvgIpc) is 2.84. The van der Waals surface area contributed by atoms with Gasteiger partial charge in [0.05, 0.1) is 0 Å². The van der Waals surface area contributed by atoms with Gasteiger partial charge in [-0.2, -0.15) is 0 Å². The number of aromatic nitrogens is 1. The van der Waals surface area contributed by atoms with Gasteiger partial charge in [-0.05, 0) is 90.1 Å². The van der Waals surface area contributed by atoms with E-state index >= 15 is 0 Å². The molecule has 1 unspecified atom stereocenters. The molecule has 0 spiro atoms. The number of carbonyl (C=O) groups is 1. The van der Waals surface area contributed by atoms with Crippen LogP contribution in [0, 0.1) is 27.7 Å². The highest BCUT2D eigenvalue weighted by molar-refractivity contribution is 5.80. The molecule has 0 radical (unpaired) electrons. The van der Waals surface area contributed by atoms with Crippen LogP contribution in [0.5, 0.6) is 0 Å². The van der Waals surface area contributed by atoms with E-state index in [-0.39, 0.29) is 0 Å². The topological polar surface area (TPSA) is 42.0 Å². The number of nitrogens with one attached hydrogen (secondary N) is 1. The van der Waals surface area contributed by atoms with Gasteiger partial charge in [0, 0.05) is 35.3 Å². The van der Waals surface area contributed by atoms with Crippen molar-refractivity contribution in [2.24, 2.45) is 0 Å². The van der Waals surface area contributed by atoms with E-state index in [4.69, 9.17) is 0 Å². The molecule has 1 aromatic heterocycles. The van der Waals surface area contributed by atoms with Gasteiger partial charge in [0.15, 0.2) is 6.29 Å². The molecule has 0 fully saturated rings. The van der Waals surface area contributed by atoms with Crippen LogP contribution in [0.15, 0.2) is 61.0 Å². The smallest absolute Gasteiger partial charge is 0.150 e. The number of nitrogens with zero attached hydrogens (tertiary/aromatic N) is 1. The summed E-state index contributed by atoms with van der Waals surface area (Å²) >= 11 is 0. The van der Waals surface area contributed by atoms with Crippen LogP contribution in [-0.2, 0) is 0 Å². The van der Waals surface area contributed by atoms with Crippen LogP contribution in [0.4, 0.5) is 0 Å². The Kier molecular flexibility index (Phi) is 20.0. The molecule has 1 heterocycles. The third kappa shape index (κ3) is 14.8. The van der Waals surface area contributed by atoms with E-state index in [1.54, 1.807) is 0 Å². The first-order valence-corrected chi connectivity index (χ1v) is 12.8. The van der Waals surface area contributed by atoms with Gasteiger partial charge in [0.1, 0.15) is 0 Å². The van der Waals surface area contributed by atoms with Gasteiger partial charge >= 0.3 is 0 Å². The van der Waals surface area contributed by atoms with E-state index in [0.717, 1.165) is 40.7 Å². The van der Waals surface area contributed by atoms with Gasteiger partial charge in [0.25, 0.3) is 0 Å². The molecule has 0 amide bonds. The van der Waals surface area contributed by atoms with Crippen molar-refractivity contribution in [1.82, 2.24) is 10.3 Å².